The van der Waals surface area contributed by atoms with Crippen molar-refractivity contribution in [3.8, 4) is 0 Å². The summed E-state index contributed by atoms with van der Waals surface area (Å²) in [7, 11) is 0. The highest BCUT2D eigenvalue weighted by Crippen LogP contribution is 2.36. The molecule has 138 valence electrons. The van der Waals surface area contributed by atoms with Crippen LogP contribution in [0.4, 0.5) is 14.5 Å². The second-order valence-corrected chi connectivity index (χ2v) is 7.76. The topological polar surface area (TPSA) is 3.24 Å². The van der Waals surface area contributed by atoms with E-state index in [0.29, 0.717) is 18.1 Å². The maximum Gasteiger partial charge on any atom is 0.149 e. The third kappa shape index (κ3) is 6.07. The molecule has 0 radical (unpaired) electrons. The minimum Gasteiger partial charge on any atom is -0.364 e. The first kappa shape index (κ1) is 21.5. The van der Waals surface area contributed by atoms with Crippen molar-refractivity contribution in [2.75, 3.05) is 17.3 Å². The van der Waals surface area contributed by atoms with Crippen molar-refractivity contribution in [2.45, 2.75) is 70.2 Å². The Labute approximate surface area is 155 Å². The van der Waals surface area contributed by atoms with Gasteiger partial charge in [0.05, 0.1) is 10.6 Å². The highest BCUT2D eigenvalue weighted by Gasteiger charge is 2.36. The molecular weight excluding hydrogens is 351 g/mol. The normalized spacial score (nSPS) is 15.1. The Morgan fingerprint density at radius 1 is 1.17 bits per heavy atom. The van der Waals surface area contributed by atoms with Crippen LogP contribution in [0.25, 0.3) is 0 Å². The van der Waals surface area contributed by atoms with Gasteiger partial charge >= 0.3 is 0 Å². The van der Waals surface area contributed by atoms with E-state index >= 15 is 0 Å². The zero-order valence-corrected chi connectivity index (χ0v) is 16.4. The molecule has 2 atom stereocenters. The quantitative estimate of drug-likeness (QED) is 0.384. The standard InChI is InChI=1S/C19H29Cl2F2N/c1-4-6-13-24(17-10-9-15(22)14-16(17)23)18(8-7-12-20)19(3,21)11-5-2/h9-10,14,18H,4-8,11-13H2,1-3H3. The van der Waals surface area contributed by atoms with Crippen LogP contribution in [0.15, 0.2) is 18.2 Å². The van der Waals surface area contributed by atoms with E-state index in [1.807, 2.05) is 11.8 Å². The Balaban J connectivity index is 3.24. The summed E-state index contributed by atoms with van der Waals surface area (Å²) in [6, 6.07) is 3.72. The van der Waals surface area contributed by atoms with Gasteiger partial charge in [0.15, 0.2) is 0 Å². The summed E-state index contributed by atoms with van der Waals surface area (Å²) >= 11 is 12.8. The van der Waals surface area contributed by atoms with Gasteiger partial charge in [0.2, 0.25) is 0 Å². The lowest BCUT2D eigenvalue weighted by atomic mass is 9.90. The fraction of sp³-hybridized carbons (Fsp3) is 0.684. The van der Waals surface area contributed by atoms with Crippen LogP contribution >= 0.6 is 23.2 Å². The second-order valence-electron chi connectivity index (χ2n) is 6.52. The van der Waals surface area contributed by atoms with Crippen molar-refractivity contribution >= 4 is 28.9 Å². The van der Waals surface area contributed by atoms with Gasteiger partial charge < -0.3 is 4.90 Å². The highest BCUT2D eigenvalue weighted by molar-refractivity contribution is 6.24. The van der Waals surface area contributed by atoms with Crippen molar-refractivity contribution < 1.29 is 8.78 Å². The van der Waals surface area contributed by atoms with Crippen LogP contribution in [0.1, 0.15) is 59.3 Å². The maximum atomic E-state index is 14.4. The summed E-state index contributed by atoms with van der Waals surface area (Å²) in [4.78, 5) is 1.53. The minimum atomic E-state index is -0.564. The number of unbranched alkanes of at least 4 members (excludes halogenated alkanes) is 1. The number of hydrogen-bond donors (Lipinski definition) is 0. The summed E-state index contributed by atoms with van der Waals surface area (Å²) in [5, 5.41) is 0. The van der Waals surface area contributed by atoms with Crippen LogP contribution in [-0.2, 0) is 0 Å². The monoisotopic (exact) mass is 379 g/mol. The number of alkyl halides is 2. The summed E-state index contributed by atoms with van der Waals surface area (Å²) in [6.07, 6.45) is 5.28. The number of nitrogens with zero attached hydrogens (tertiary/aromatic N) is 1. The smallest absolute Gasteiger partial charge is 0.149 e. The molecule has 1 aromatic rings. The van der Waals surface area contributed by atoms with Crippen molar-refractivity contribution in [3.63, 3.8) is 0 Å². The first-order valence-electron chi connectivity index (χ1n) is 8.83. The van der Waals surface area contributed by atoms with Crippen molar-refractivity contribution in [3.05, 3.63) is 29.8 Å². The van der Waals surface area contributed by atoms with E-state index in [-0.39, 0.29) is 6.04 Å². The molecule has 0 saturated heterocycles. The Kier molecular flexibility index (Phi) is 9.36. The number of halogens is 4. The average molecular weight is 380 g/mol. The van der Waals surface area contributed by atoms with Gasteiger partial charge in [-0.2, -0.15) is 0 Å². The lowest BCUT2D eigenvalue weighted by Crippen LogP contribution is -2.49. The fourth-order valence-corrected chi connectivity index (χ4v) is 3.76. The Morgan fingerprint density at radius 3 is 2.42 bits per heavy atom. The zero-order valence-electron chi connectivity index (χ0n) is 14.9. The fourth-order valence-electron chi connectivity index (χ4n) is 3.19. The summed E-state index contributed by atoms with van der Waals surface area (Å²) in [5.74, 6) is -0.555. The molecule has 0 aromatic heterocycles. The second kappa shape index (κ2) is 10.5. The molecule has 0 heterocycles. The molecular formula is C19H29Cl2F2N. The third-order valence-electron chi connectivity index (χ3n) is 4.39. The first-order valence-corrected chi connectivity index (χ1v) is 9.75. The average Bonchev–Trinajstić information content (AvgIpc) is 2.51. The molecule has 0 aliphatic rings. The van der Waals surface area contributed by atoms with E-state index in [9.17, 15) is 8.78 Å². The van der Waals surface area contributed by atoms with Crippen molar-refractivity contribution in [1.29, 1.82) is 0 Å². The lowest BCUT2D eigenvalue weighted by Gasteiger charge is -2.42. The predicted molar refractivity (Wildman–Crippen MR) is 102 cm³/mol. The van der Waals surface area contributed by atoms with E-state index in [0.717, 1.165) is 44.6 Å². The van der Waals surface area contributed by atoms with Gasteiger partial charge in [-0.05, 0) is 44.7 Å². The van der Waals surface area contributed by atoms with Gasteiger partial charge in [-0.3, -0.25) is 0 Å². The van der Waals surface area contributed by atoms with Crippen LogP contribution in [-0.4, -0.2) is 23.3 Å². The van der Waals surface area contributed by atoms with Crippen LogP contribution in [0, 0.1) is 11.6 Å². The lowest BCUT2D eigenvalue weighted by molar-refractivity contribution is 0.397. The van der Waals surface area contributed by atoms with Crippen molar-refractivity contribution in [1.82, 2.24) is 0 Å². The first-order chi connectivity index (χ1) is 11.4. The Morgan fingerprint density at radius 2 is 1.88 bits per heavy atom. The van der Waals surface area contributed by atoms with Gasteiger partial charge in [0.1, 0.15) is 11.6 Å². The predicted octanol–water partition coefficient (Wildman–Crippen LogP) is 6.76. The maximum absolute atomic E-state index is 14.4. The minimum absolute atomic E-state index is 0.0515. The van der Waals surface area contributed by atoms with Crippen LogP contribution in [0.2, 0.25) is 0 Å². The molecule has 1 rings (SSSR count). The van der Waals surface area contributed by atoms with E-state index in [4.69, 9.17) is 23.2 Å². The molecule has 0 amide bonds. The molecule has 0 fully saturated rings. The molecule has 24 heavy (non-hydrogen) atoms. The molecule has 1 aromatic carbocycles. The third-order valence-corrected chi connectivity index (χ3v) is 5.10. The number of hydrogen-bond acceptors (Lipinski definition) is 1. The highest BCUT2D eigenvalue weighted by atomic mass is 35.5. The number of rotatable bonds is 11. The van der Waals surface area contributed by atoms with Crippen LogP contribution in [0.3, 0.4) is 0 Å². The molecule has 1 nitrogen and oxygen atoms in total. The van der Waals surface area contributed by atoms with Gasteiger partial charge in [0.25, 0.3) is 0 Å². The van der Waals surface area contributed by atoms with Crippen LogP contribution < -0.4 is 4.90 Å². The van der Waals surface area contributed by atoms with Gasteiger partial charge in [-0.15, -0.1) is 23.2 Å². The number of anilines is 1. The van der Waals surface area contributed by atoms with Crippen molar-refractivity contribution in [2.24, 2.45) is 0 Å². The van der Waals surface area contributed by atoms with Gasteiger partial charge in [0, 0.05) is 24.5 Å². The molecule has 0 bridgehead atoms. The molecule has 0 saturated carbocycles. The van der Waals surface area contributed by atoms with E-state index in [1.165, 1.54) is 12.1 Å². The summed E-state index contributed by atoms with van der Waals surface area (Å²) in [6.45, 7) is 6.89. The van der Waals surface area contributed by atoms with Gasteiger partial charge in [-0.25, -0.2) is 8.78 Å². The Hall–Kier alpha value is -0.540. The molecule has 5 heteroatoms. The molecule has 0 spiro atoms. The summed E-state index contributed by atoms with van der Waals surface area (Å²) in [5.41, 5.74) is 0.424. The van der Waals surface area contributed by atoms with Gasteiger partial charge in [-0.1, -0.05) is 26.7 Å². The SMILES string of the molecule is CCCCN(c1ccc(F)cc1F)C(CCCCl)C(C)(Cl)CCC. The zero-order chi connectivity index (χ0) is 18.2. The van der Waals surface area contributed by atoms with E-state index in [1.54, 1.807) is 0 Å². The molecule has 0 aliphatic carbocycles. The summed E-state index contributed by atoms with van der Waals surface area (Å²) < 4.78 is 27.8. The molecule has 0 N–H and O–H groups in total. The molecule has 0 aliphatic heterocycles. The van der Waals surface area contributed by atoms with Crippen LogP contribution in [0.5, 0.6) is 0 Å². The van der Waals surface area contributed by atoms with E-state index < -0.39 is 16.5 Å². The Bertz CT molecular complexity index is 494. The largest absolute Gasteiger partial charge is 0.364 e. The molecule has 2 unspecified atom stereocenters. The number of benzene rings is 1. The van der Waals surface area contributed by atoms with E-state index in [2.05, 4.69) is 13.8 Å².